The first-order valence-corrected chi connectivity index (χ1v) is 9.14. The van der Waals surface area contributed by atoms with Crippen molar-refractivity contribution in [1.82, 2.24) is 0 Å². The largest absolute Gasteiger partial charge is 0.417 e. The first-order chi connectivity index (χ1) is 7.31. The summed E-state index contributed by atoms with van der Waals surface area (Å²) in [5.74, 6) is 0. The lowest BCUT2D eigenvalue weighted by Crippen LogP contribution is -2.40. The molecular weight excluding hydrogens is 212 g/mol. The highest BCUT2D eigenvalue weighted by molar-refractivity contribution is 6.74. The average molecular weight is 240 g/mol. The predicted molar refractivity (Wildman–Crippen MR) is 76.3 cm³/mol. The van der Waals surface area contributed by atoms with Gasteiger partial charge in [-0.1, -0.05) is 45.1 Å². The topological polar surface area (TPSA) is 9.23 Å². The highest BCUT2D eigenvalue weighted by atomic mass is 28.4. The van der Waals surface area contributed by atoms with E-state index in [9.17, 15) is 0 Å². The third-order valence-corrected chi connectivity index (χ3v) is 7.76. The fourth-order valence-electron chi connectivity index (χ4n) is 1.03. The molecule has 0 fully saturated rings. The molecule has 0 saturated heterocycles. The molecule has 0 aliphatic carbocycles. The second kappa shape index (κ2) is 7.07. The van der Waals surface area contributed by atoms with Gasteiger partial charge in [0.1, 0.15) is 0 Å². The second-order valence-corrected chi connectivity index (χ2v) is 10.5. The zero-order chi connectivity index (χ0) is 12.7. The Bertz CT molecular complexity index is 234. The summed E-state index contributed by atoms with van der Waals surface area (Å²) in [6, 6.07) is 0. The molecule has 0 aromatic heterocycles. The minimum atomic E-state index is -1.52. The molecule has 0 saturated carbocycles. The Morgan fingerprint density at radius 3 is 2.25 bits per heavy atom. The van der Waals surface area contributed by atoms with Crippen molar-refractivity contribution in [3.8, 4) is 0 Å². The van der Waals surface area contributed by atoms with E-state index in [0.29, 0.717) is 5.04 Å². The van der Waals surface area contributed by atoms with Crippen LogP contribution in [0.1, 0.15) is 40.5 Å². The van der Waals surface area contributed by atoms with Crippen molar-refractivity contribution in [2.45, 2.75) is 58.7 Å². The molecule has 0 spiro atoms. The van der Waals surface area contributed by atoms with Crippen molar-refractivity contribution in [2.75, 3.05) is 6.61 Å². The van der Waals surface area contributed by atoms with Crippen LogP contribution in [0.3, 0.4) is 0 Å². The normalized spacial score (nSPS) is 14.1. The van der Waals surface area contributed by atoms with E-state index in [0.717, 1.165) is 19.4 Å². The second-order valence-electron chi connectivity index (χ2n) is 5.70. The minimum Gasteiger partial charge on any atom is -0.417 e. The molecule has 0 aromatic carbocycles. The summed E-state index contributed by atoms with van der Waals surface area (Å²) in [5, 5.41) is 0.327. The molecule has 0 aromatic rings. The lowest BCUT2D eigenvalue weighted by Gasteiger charge is -2.36. The van der Waals surface area contributed by atoms with E-state index in [1.165, 1.54) is 0 Å². The molecule has 0 atom stereocenters. The molecule has 0 radical (unpaired) electrons. The molecule has 0 N–H and O–H groups in total. The van der Waals surface area contributed by atoms with Crippen LogP contribution in [-0.2, 0) is 4.43 Å². The summed E-state index contributed by atoms with van der Waals surface area (Å²) in [6.07, 6.45) is 10.7. The Balaban J connectivity index is 3.75. The molecule has 1 nitrogen and oxygen atoms in total. The highest BCUT2D eigenvalue weighted by Gasteiger charge is 2.36. The van der Waals surface area contributed by atoms with Crippen LogP contribution in [-0.4, -0.2) is 14.9 Å². The summed E-state index contributed by atoms with van der Waals surface area (Å²) in [4.78, 5) is 0. The fourth-order valence-corrected chi connectivity index (χ4v) is 2.12. The van der Waals surface area contributed by atoms with Crippen molar-refractivity contribution < 1.29 is 4.43 Å². The monoisotopic (exact) mass is 240 g/mol. The van der Waals surface area contributed by atoms with E-state index >= 15 is 0 Å². The highest BCUT2D eigenvalue weighted by Crippen LogP contribution is 2.36. The smallest absolute Gasteiger partial charge is 0.191 e. The molecule has 0 aliphatic rings. The SMILES string of the molecule is C/C=C\C=C\CCCO[Si](C)(C)C(C)(C)C. The Labute approximate surface area is 103 Å². The number of hydrogen-bond acceptors (Lipinski definition) is 1. The van der Waals surface area contributed by atoms with E-state index in [-0.39, 0.29) is 0 Å². The lowest BCUT2D eigenvalue weighted by molar-refractivity contribution is 0.283. The van der Waals surface area contributed by atoms with Gasteiger partial charge < -0.3 is 4.43 Å². The van der Waals surface area contributed by atoms with Gasteiger partial charge in [0.05, 0.1) is 0 Å². The predicted octanol–water partition coefficient (Wildman–Crippen LogP) is 4.92. The maximum absolute atomic E-state index is 6.09. The maximum Gasteiger partial charge on any atom is 0.191 e. The van der Waals surface area contributed by atoms with E-state index in [4.69, 9.17) is 4.43 Å². The van der Waals surface area contributed by atoms with Gasteiger partial charge in [0.2, 0.25) is 0 Å². The van der Waals surface area contributed by atoms with E-state index in [2.05, 4.69) is 52.1 Å². The van der Waals surface area contributed by atoms with Gasteiger partial charge >= 0.3 is 0 Å². The molecule has 16 heavy (non-hydrogen) atoms. The van der Waals surface area contributed by atoms with Gasteiger partial charge in [-0.3, -0.25) is 0 Å². The molecule has 0 heterocycles. The molecule has 2 heteroatoms. The first-order valence-electron chi connectivity index (χ1n) is 6.23. The van der Waals surface area contributed by atoms with Crippen molar-refractivity contribution in [3.63, 3.8) is 0 Å². The molecule has 0 unspecified atom stereocenters. The van der Waals surface area contributed by atoms with Crippen molar-refractivity contribution >= 4 is 8.32 Å². The van der Waals surface area contributed by atoms with Crippen LogP contribution in [0.2, 0.25) is 18.1 Å². The summed E-state index contributed by atoms with van der Waals surface area (Å²) in [7, 11) is -1.52. The average Bonchev–Trinajstić information content (AvgIpc) is 2.14. The van der Waals surface area contributed by atoms with Crippen molar-refractivity contribution in [3.05, 3.63) is 24.3 Å². The molecule has 0 bridgehead atoms. The number of hydrogen-bond donors (Lipinski definition) is 0. The van der Waals surface area contributed by atoms with Crippen LogP contribution in [0.25, 0.3) is 0 Å². The van der Waals surface area contributed by atoms with Crippen LogP contribution in [0, 0.1) is 0 Å². The number of unbranched alkanes of at least 4 members (excludes halogenated alkanes) is 1. The zero-order valence-electron chi connectivity index (χ0n) is 11.8. The maximum atomic E-state index is 6.09. The lowest BCUT2D eigenvalue weighted by atomic mass is 10.2. The Morgan fingerprint density at radius 2 is 1.75 bits per heavy atom. The standard InChI is InChI=1S/C14H28OSi/c1-7-8-9-10-11-12-13-15-16(5,6)14(2,3)4/h7-10H,11-13H2,1-6H3/b8-7-,10-9+. The van der Waals surface area contributed by atoms with Gasteiger partial charge in [0, 0.05) is 6.61 Å². The summed E-state index contributed by atoms with van der Waals surface area (Å²) in [6.45, 7) is 14.4. The van der Waals surface area contributed by atoms with Crippen LogP contribution in [0.4, 0.5) is 0 Å². The third-order valence-electron chi connectivity index (χ3n) is 3.22. The van der Waals surface area contributed by atoms with Gasteiger partial charge in [0.15, 0.2) is 8.32 Å². The number of rotatable bonds is 6. The molecule has 94 valence electrons. The molecular formula is C14H28OSi. The minimum absolute atomic E-state index is 0.327. The third kappa shape index (κ3) is 6.29. The van der Waals surface area contributed by atoms with Crippen molar-refractivity contribution in [2.24, 2.45) is 0 Å². The van der Waals surface area contributed by atoms with Crippen molar-refractivity contribution in [1.29, 1.82) is 0 Å². The zero-order valence-corrected chi connectivity index (χ0v) is 12.8. The fraction of sp³-hybridized carbons (Fsp3) is 0.714. The van der Waals surface area contributed by atoms with Gasteiger partial charge in [-0.15, -0.1) is 0 Å². The summed E-state index contributed by atoms with van der Waals surface area (Å²) in [5.41, 5.74) is 0. The van der Waals surface area contributed by atoms with E-state index in [1.54, 1.807) is 0 Å². The number of allylic oxidation sites excluding steroid dienone is 4. The summed E-state index contributed by atoms with van der Waals surface area (Å²) < 4.78 is 6.09. The quantitative estimate of drug-likeness (QED) is 0.364. The van der Waals surface area contributed by atoms with Crippen LogP contribution in [0.15, 0.2) is 24.3 Å². The Kier molecular flexibility index (Phi) is 6.92. The first kappa shape index (κ1) is 15.7. The van der Waals surface area contributed by atoms with Crippen LogP contribution in [0.5, 0.6) is 0 Å². The van der Waals surface area contributed by atoms with Gasteiger partial charge in [-0.2, -0.15) is 0 Å². The van der Waals surface area contributed by atoms with Gasteiger partial charge in [-0.25, -0.2) is 0 Å². The van der Waals surface area contributed by atoms with E-state index in [1.807, 2.05) is 13.0 Å². The summed E-state index contributed by atoms with van der Waals surface area (Å²) >= 11 is 0. The van der Waals surface area contributed by atoms with Gasteiger partial charge in [-0.05, 0) is 37.9 Å². The molecule has 0 rings (SSSR count). The molecule has 0 aliphatic heterocycles. The molecule has 0 amide bonds. The van der Waals surface area contributed by atoms with Crippen LogP contribution < -0.4 is 0 Å². The Hall–Kier alpha value is -0.343. The Morgan fingerprint density at radius 1 is 1.12 bits per heavy atom. The van der Waals surface area contributed by atoms with Gasteiger partial charge in [0.25, 0.3) is 0 Å². The van der Waals surface area contributed by atoms with E-state index < -0.39 is 8.32 Å². The van der Waals surface area contributed by atoms with Crippen LogP contribution >= 0.6 is 0 Å².